The van der Waals surface area contributed by atoms with Crippen LogP contribution in [-0.4, -0.2) is 83.4 Å². The standard InChI is InChI=1S/C25H26F4N4O3/c1-24(26)13-31(14-24)7-8-36-18-4-6-33-19(12-30-21(33)11-18)17-9-16-3-5-32(15-25(27,28)29)23(34)22(16)20(10-17)35-2/h4,6,9-12H,3,5,7-8,13-15H2,1-2H3. The fraction of sp³-hybridized carbons (Fsp3) is 0.440. The minimum Gasteiger partial charge on any atom is -0.496 e. The zero-order chi connectivity index (χ0) is 25.7. The summed E-state index contributed by atoms with van der Waals surface area (Å²) in [6, 6.07) is 7.06. The average molecular weight is 507 g/mol. The predicted octanol–water partition coefficient (Wildman–Crippen LogP) is 3.99. The van der Waals surface area contributed by atoms with Gasteiger partial charge in [-0.3, -0.25) is 14.1 Å². The third-order valence-electron chi connectivity index (χ3n) is 6.49. The van der Waals surface area contributed by atoms with E-state index in [1.165, 1.54) is 7.11 Å². The smallest absolute Gasteiger partial charge is 0.406 e. The molecule has 2 aliphatic heterocycles. The molecule has 3 aromatic rings. The largest absolute Gasteiger partial charge is 0.496 e. The van der Waals surface area contributed by atoms with Gasteiger partial charge in [-0.05, 0) is 37.1 Å². The van der Waals surface area contributed by atoms with E-state index in [4.69, 9.17) is 9.47 Å². The lowest BCUT2D eigenvalue weighted by Gasteiger charge is -2.42. The van der Waals surface area contributed by atoms with Crippen molar-refractivity contribution in [3.05, 3.63) is 47.8 Å². The van der Waals surface area contributed by atoms with Crippen LogP contribution in [0.4, 0.5) is 17.6 Å². The Balaban J connectivity index is 1.35. The first kappa shape index (κ1) is 24.4. The maximum atomic E-state index is 13.6. The molecule has 0 spiro atoms. The molecule has 4 heterocycles. The van der Waals surface area contributed by atoms with Crippen LogP contribution in [0.1, 0.15) is 22.8 Å². The summed E-state index contributed by atoms with van der Waals surface area (Å²) < 4.78 is 65.4. The van der Waals surface area contributed by atoms with Crippen LogP contribution in [0, 0.1) is 0 Å². The van der Waals surface area contributed by atoms with Gasteiger partial charge in [0.05, 0.1) is 24.6 Å². The Morgan fingerprint density at radius 1 is 1.19 bits per heavy atom. The lowest BCUT2D eigenvalue weighted by molar-refractivity contribution is -0.141. The Bertz CT molecular complexity index is 1280. The van der Waals surface area contributed by atoms with E-state index in [0.29, 0.717) is 43.2 Å². The molecule has 2 aliphatic rings. The summed E-state index contributed by atoms with van der Waals surface area (Å²) >= 11 is 0. The number of benzene rings is 1. The number of aromatic nitrogens is 2. The Morgan fingerprint density at radius 2 is 1.97 bits per heavy atom. The van der Waals surface area contributed by atoms with Gasteiger partial charge >= 0.3 is 6.18 Å². The summed E-state index contributed by atoms with van der Waals surface area (Å²) in [6.07, 6.45) is -0.681. The van der Waals surface area contributed by atoms with Crippen LogP contribution in [0.5, 0.6) is 11.5 Å². The highest BCUT2D eigenvalue weighted by Crippen LogP contribution is 2.35. The number of hydrogen-bond acceptors (Lipinski definition) is 5. The Morgan fingerprint density at radius 3 is 2.67 bits per heavy atom. The van der Waals surface area contributed by atoms with Crippen LogP contribution in [0.2, 0.25) is 0 Å². The highest BCUT2D eigenvalue weighted by atomic mass is 19.4. The van der Waals surface area contributed by atoms with E-state index >= 15 is 0 Å². The molecule has 1 aromatic carbocycles. The zero-order valence-corrected chi connectivity index (χ0v) is 19.9. The lowest BCUT2D eigenvalue weighted by atomic mass is 9.94. The summed E-state index contributed by atoms with van der Waals surface area (Å²) in [5, 5.41) is 0. The Kier molecular flexibility index (Phi) is 6.06. The predicted molar refractivity (Wildman–Crippen MR) is 124 cm³/mol. The van der Waals surface area contributed by atoms with Gasteiger partial charge in [0.25, 0.3) is 5.91 Å². The number of carbonyl (C=O) groups excluding carboxylic acids is 1. The molecule has 1 amide bonds. The quantitative estimate of drug-likeness (QED) is 0.454. The number of rotatable bonds is 7. The van der Waals surface area contributed by atoms with Crippen LogP contribution in [0.25, 0.3) is 16.9 Å². The average Bonchev–Trinajstić information content (AvgIpc) is 3.21. The molecule has 1 saturated heterocycles. The topological polar surface area (TPSA) is 59.3 Å². The molecule has 36 heavy (non-hydrogen) atoms. The van der Waals surface area contributed by atoms with Crippen molar-refractivity contribution in [1.82, 2.24) is 19.2 Å². The first-order valence-electron chi connectivity index (χ1n) is 11.6. The summed E-state index contributed by atoms with van der Waals surface area (Å²) in [6.45, 7) is 2.17. The number of alkyl halides is 4. The van der Waals surface area contributed by atoms with Gasteiger partial charge in [-0.1, -0.05) is 0 Å². The van der Waals surface area contributed by atoms with Crippen LogP contribution >= 0.6 is 0 Å². The number of imidazole rings is 1. The number of pyridine rings is 1. The van der Waals surface area contributed by atoms with Crippen molar-refractivity contribution in [3.8, 4) is 22.8 Å². The van der Waals surface area contributed by atoms with Gasteiger partial charge in [0.2, 0.25) is 0 Å². The van der Waals surface area contributed by atoms with Gasteiger partial charge in [0.1, 0.15) is 36.0 Å². The number of carbonyl (C=O) groups is 1. The van der Waals surface area contributed by atoms with E-state index in [1.54, 1.807) is 31.3 Å². The molecule has 0 radical (unpaired) electrons. The SMILES string of the molecule is COc1cc(-c2cnc3cc(OCCN4CC(C)(F)C4)ccn23)cc2c1C(=O)N(CC(F)(F)F)CC2. The monoisotopic (exact) mass is 506 g/mol. The number of nitrogens with zero attached hydrogens (tertiary/aromatic N) is 4. The molecular weight excluding hydrogens is 480 g/mol. The maximum Gasteiger partial charge on any atom is 0.406 e. The molecule has 0 N–H and O–H groups in total. The van der Waals surface area contributed by atoms with Gasteiger partial charge in [0.15, 0.2) is 0 Å². The Labute approximate surface area is 205 Å². The summed E-state index contributed by atoms with van der Waals surface area (Å²) in [5.41, 5.74) is 1.81. The van der Waals surface area contributed by atoms with Gasteiger partial charge in [-0.2, -0.15) is 13.2 Å². The molecule has 2 aromatic heterocycles. The van der Waals surface area contributed by atoms with Crippen molar-refractivity contribution >= 4 is 11.6 Å². The van der Waals surface area contributed by atoms with Crippen LogP contribution in [0.15, 0.2) is 36.7 Å². The van der Waals surface area contributed by atoms with Crippen molar-refractivity contribution < 1.29 is 31.8 Å². The van der Waals surface area contributed by atoms with E-state index in [2.05, 4.69) is 4.98 Å². The highest BCUT2D eigenvalue weighted by molar-refractivity contribution is 6.00. The summed E-state index contributed by atoms with van der Waals surface area (Å²) in [7, 11) is 1.39. The van der Waals surface area contributed by atoms with Crippen LogP contribution in [-0.2, 0) is 6.42 Å². The number of likely N-dealkylation sites (tertiary alicyclic amines) is 1. The molecule has 0 aliphatic carbocycles. The fourth-order valence-corrected chi connectivity index (χ4v) is 4.91. The highest BCUT2D eigenvalue weighted by Gasteiger charge is 2.38. The van der Waals surface area contributed by atoms with Gasteiger partial charge in [0, 0.05) is 44.0 Å². The third kappa shape index (κ3) is 4.84. The van der Waals surface area contributed by atoms with E-state index in [1.807, 2.05) is 21.6 Å². The zero-order valence-electron chi connectivity index (χ0n) is 19.9. The number of ether oxygens (including phenoxy) is 2. The summed E-state index contributed by atoms with van der Waals surface area (Å²) in [4.78, 5) is 20.1. The van der Waals surface area contributed by atoms with Gasteiger partial charge < -0.3 is 14.4 Å². The maximum absolute atomic E-state index is 13.6. The molecule has 0 bridgehead atoms. The molecule has 5 rings (SSSR count). The van der Waals surface area contributed by atoms with Crippen LogP contribution in [0.3, 0.4) is 0 Å². The molecule has 192 valence electrons. The number of hydrogen-bond donors (Lipinski definition) is 0. The number of halogens is 4. The fourth-order valence-electron chi connectivity index (χ4n) is 4.91. The van der Waals surface area contributed by atoms with Crippen molar-refractivity contribution in [1.29, 1.82) is 0 Å². The van der Waals surface area contributed by atoms with Crippen molar-refractivity contribution in [2.45, 2.75) is 25.2 Å². The van der Waals surface area contributed by atoms with E-state index < -0.39 is 24.3 Å². The first-order chi connectivity index (χ1) is 17.0. The molecule has 0 saturated carbocycles. The third-order valence-corrected chi connectivity index (χ3v) is 6.49. The van der Waals surface area contributed by atoms with E-state index in [0.717, 1.165) is 16.2 Å². The molecule has 0 atom stereocenters. The first-order valence-corrected chi connectivity index (χ1v) is 11.6. The van der Waals surface area contributed by atoms with Gasteiger partial charge in [-0.25, -0.2) is 9.37 Å². The van der Waals surface area contributed by atoms with E-state index in [-0.39, 0.29) is 24.3 Å². The minimum absolute atomic E-state index is 0.0200. The molecule has 7 nitrogen and oxygen atoms in total. The number of amides is 1. The second-order valence-corrected chi connectivity index (χ2v) is 9.51. The Hall–Kier alpha value is -3.34. The second-order valence-electron chi connectivity index (χ2n) is 9.51. The lowest BCUT2D eigenvalue weighted by Crippen LogP contribution is -2.57. The van der Waals surface area contributed by atoms with Crippen molar-refractivity contribution in [2.24, 2.45) is 0 Å². The molecule has 1 fully saturated rings. The number of methoxy groups -OCH3 is 1. The normalized spacial score (nSPS) is 17.7. The molecular formula is C25H26F4N4O3. The second kappa shape index (κ2) is 8.95. The number of fused-ring (bicyclic) bond motifs is 2. The van der Waals surface area contributed by atoms with Crippen LogP contribution < -0.4 is 9.47 Å². The van der Waals surface area contributed by atoms with E-state index in [9.17, 15) is 22.4 Å². The van der Waals surface area contributed by atoms with Gasteiger partial charge in [-0.15, -0.1) is 0 Å². The summed E-state index contributed by atoms with van der Waals surface area (Å²) in [5.74, 6) is 0.178. The van der Waals surface area contributed by atoms with Crippen molar-refractivity contribution in [3.63, 3.8) is 0 Å². The minimum atomic E-state index is -4.47. The molecule has 11 heteroatoms. The van der Waals surface area contributed by atoms with Crippen molar-refractivity contribution in [2.75, 3.05) is 46.4 Å². The molecule has 0 unspecified atom stereocenters.